The lowest BCUT2D eigenvalue weighted by atomic mass is 9.43. The summed E-state index contributed by atoms with van der Waals surface area (Å²) in [6, 6.07) is 14.0. The molecule has 3 aliphatic carbocycles. The molecule has 2 aromatic carbocycles. The maximum absolute atomic E-state index is 12.4. The van der Waals surface area contributed by atoms with Crippen LogP contribution in [0.5, 0.6) is 5.75 Å². The Hall–Kier alpha value is -4.37. The average Bonchev–Trinajstić information content (AvgIpc) is 3.23. The zero-order chi connectivity index (χ0) is 28.2. The Balaban J connectivity index is 1.34. The van der Waals surface area contributed by atoms with E-state index in [-0.39, 0.29) is 17.0 Å². The minimum atomic E-state index is -0.276. The van der Waals surface area contributed by atoms with Crippen LogP contribution in [0.3, 0.4) is 0 Å². The predicted octanol–water partition coefficient (Wildman–Crippen LogP) is 5.18. The van der Waals surface area contributed by atoms with E-state index in [1.54, 1.807) is 13.3 Å². The molecule has 206 valence electrons. The van der Waals surface area contributed by atoms with Crippen molar-refractivity contribution in [3.8, 4) is 17.0 Å². The molecule has 0 aliphatic heterocycles. The average molecular weight is 538 g/mol. The topological polar surface area (TPSA) is 87.5 Å². The molecule has 2 heterocycles. The van der Waals surface area contributed by atoms with Crippen molar-refractivity contribution >= 4 is 39.8 Å². The molecule has 2 aromatic heterocycles. The van der Waals surface area contributed by atoms with Gasteiger partial charge in [0.1, 0.15) is 5.75 Å². The summed E-state index contributed by atoms with van der Waals surface area (Å²) in [5, 5.41) is 7.45. The lowest BCUT2D eigenvalue weighted by Crippen LogP contribution is -2.82. The number of ether oxygens (including phenoxy) is 1. The Bertz CT molecular complexity index is 1620. The normalized spacial score (nSPS) is 20.9. The first-order valence-electron chi connectivity index (χ1n) is 13.4. The SMILES string of the molecule is C=CC(=O)Nc1cc(Nc2nccc(-c3cn(C)c4ccccc34)n2)c(OC)cc1N(C)C12CC(N(C)C)(C1)C2. The molecule has 0 radical (unpaired) electrons. The number of para-hydroxylation sites is 1. The highest BCUT2D eigenvalue weighted by Crippen LogP contribution is 2.66. The number of aryl methyl sites for hydroxylation is 1. The molecule has 9 heteroatoms. The van der Waals surface area contributed by atoms with Gasteiger partial charge in [-0.25, -0.2) is 9.97 Å². The number of amides is 1. The van der Waals surface area contributed by atoms with Crippen LogP contribution in [-0.2, 0) is 11.8 Å². The highest BCUT2D eigenvalue weighted by Gasteiger charge is 2.71. The van der Waals surface area contributed by atoms with Gasteiger partial charge in [0.2, 0.25) is 11.9 Å². The van der Waals surface area contributed by atoms with E-state index in [1.807, 2.05) is 37.4 Å². The number of fused-ring (bicyclic) bond motifs is 1. The van der Waals surface area contributed by atoms with Crippen LogP contribution in [-0.4, -0.2) is 64.7 Å². The number of benzene rings is 2. The zero-order valence-corrected chi connectivity index (χ0v) is 23.7. The van der Waals surface area contributed by atoms with E-state index in [0.717, 1.165) is 47.1 Å². The van der Waals surface area contributed by atoms with E-state index in [0.29, 0.717) is 23.1 Å². The summed E-state index contributed by atoms with van der Waals surface area (Å²) in [5.74, 6) is 0.784. The van der Waals surface area contributed by atoms with Gasteiger partial charge in [-0.15, -0.1) is 0 Å². The van der Waals surface area contributed by atoms with Crippen LogP contribution >= 0.6 is 0 Å². The quantitative estimate of drug-likeness (QED) is 0.284. The summed E-state index contributed by atoms with van der Waals surface area (Å²) in [6.07, 6.45) is 8.38. The third-order valence-electron chi connectivity index (χ3n) is 8.83. The van der Waals surface area contributed by atoms with Crippen LogP contribution < -0.4 is 20.3 Å². The number of aromatic nitrogens is 3. The molecule has 3 saturated carbocycles. The largest absolute Gasteiger partial charge is 0.494 e. The molecule has 4 aromatic rings. The van der Waals surface area contributed by atoms with Gasteiger partial charge in [-0.2, -0.15) is 0 Å². The van der Waals surface area contributed by atoms with Crippen molar-refractivity contribution in [2.75, 3.05) is 43.8 Å². The molecule has 2 N–H and O–H groups in total. The van der Waals surface area contributed by atoms with E-state index in [2.05, 4.69) is 76.0 Å². The summed E-state index contributed by atoms with van der Waals surface area (Å²) in [6.45, 7) is 3.64. The maximum Gasteiger partial charge on any atom is 0.247 e. The van der Waals surface area contributed by atoms with Crippen LogP contribution in [0.15, 0.2) is 67.5 Å². The molecule has 7 rings (SSSR count). The minimum Gasteiger partial charge on any atom is -0.494 e. The number of carbonyl (C=O) groups excluding carboxylic acids is 1. The molecule has 40 heavy (non-hydrogen) atoms. The van der Waals surface area contributed by atoms with Gasteiger partial charge < -0.3 is 29.7 Å². The molecule has 2 bridgehead atoms. The van der Waals surface area contributed by atoms with Crippen molar-refractivity contribution in [2.24, 2.45) is 7.05 Å². The Labute approximate surface area is 234 Å². The van der Waals surface area contributed by atoms with Crippen molar-refractivity contribution in [3.63, 3.8) is 0 Å². The van der Waals surface area contributed by atoms with Gasteiger partial charge in [0.25, 0.3) is 0 Å². The Morgan fingerprint density at radius 1 is 1.10 bits per heavy atom. The highest BCUT2D eigenvalue weighted by molar-refractivity contribution is 6.02. The van der Waals surface area contributed by atoms with E-state index >= 15 is 0 Å². The fourth-order valence-corrected chi connectivity index (χ4v) is 6.40. The summed E-state index contributed by atoms with van der Waals surface area (Å²) >= 11 is 0. The van der Waals surface area contributed by atoms with E-state index < -0.39 is 0 Å². The van der Waals surface area contributed by atoms with Gasteiger partial charge in [0, 0.05) is 60.1 Å². The van der Waals surface area contributed by atoms with Crippen LogP contribution in [0.1, 0.15) is 19.3 Å². The second-order valence-electron chi connectivity index (χ2n) is 11.3. The zero-order valence-electron chi connectivity index (χ0n) is 23.7. The van der Waals surface area contributed by atoms with Crippen molar-refractivity contribution in [1.82, 2.24) is 19.4 Å². The molecule has 1 amide bonds. The molecular formula is C31H35N7O2. The Kier molecular flexibility index (Phi) is 6.07. The number of carbonyl (C=O) groups is 1. The van der Waals surface area contributed by atoms with Crippen LogP contribution in [0.4, 0.5) is 23.0 Å². The lowest BCUT2D eigenvalue weighted by molar-refractivity contribution is -0.144. The van der Waals surface area contributed by atoms with E-state index in [4.69, 9.17) is 9.72 Å². The van der Waals surface area contributed by atoms with Crippen molar-refractivity contribution in [1.29, 1.82) is 0 Å². The van der Waals surface area contributed by atoms with E-state index in [9.17, 15) is 4.79 Å². The third kappa shape index (κ3) is 4.00. The number of methoxy groups -OCH3 is 1. The standard InChI is InChI=1S/C31H35N7O2/c1-7-28(39)33-23-14-24(27(40-6)15-26(23)38(5)31-17-30(18-31,19-31)36(2)3)35-29-32-13-12-22(34-29)21-16-37(4)25-11-9-8-10-20(21)25/h7-16H,1,17-19H2,2-6H3,(H,33,39)(H,32,34,35). The third-order valence-corrected chi connectivity index (χ3v) is 8.83. The molecule has 3 fully saturated rings. The number of rotatable bonds is 9. The van der Waals surface area contributed by atoms with Crippen LogP contribution in [0.2, 0.25) is 0 Å². The van der Waals surface area contributed by atoms with Gasteiger partial charge in [0.05, 0.1) is 29.9 Å². The number of hydrogen-bond donors (Lipinski definition) is 2. The van der Waals surface area contributed by atoms with Crippen LogP contribution in [0, 0.1) is 0 Å². The molecule has 0 spiro atoms. The molecule has 9 nitrogen and oxygen atoms in total. The second kappa shape index (κ2) is 9.38. The minimum absolute atomic E-state index is 0.0772. The Morgan fingerprint density at radius 3 is 2.55 bits per heavy atom. The summed E-state index contributed by atoms with van der Waals surface area (Å²) in [7, 11) is 10.1. The van der Waals surface area contributed by atoms with Crippen molar-refractivity contribution in [3.05, 3.63) is 67.5 Å². The van der Waals surface area contributed by atoms with Gasteiger partial charge >= 0.3 is 0 Å². The van der Waals surface area contributed by atoms with Crippen molar-refractivity contribution < 1.29 is 9.53 Å². The first-order chi connectivity index (χ1) is 19.2. The summed E-state index contributed by atoms with van der Waals surface area (Å²) in [5.41, 5.74) is 5.56. The maximum atomic E-state index is 12.4. The van der Waals surface area contributed by atoms with Crippen molar-refractivity contribution in [2.45, 2.75) is 30.3 Å². The number of nitrogens with one attached hydrogen (secondary N) is 2. The number of nitrogens with zero attached hydrogens (tertiary/aromatic N) is 5. The Morgan fingerprint density at radius 2 is 1.85 bits per heavy atom. The fourth-order valence-electron chi connectivity index (χ4n) is 6.40. The predicted molar refractivity (Wildman–Crippen MR) is 160 cm³/mol. The highest BCUT2D eigenvalue weighted by atomic mass is 16.5. The van der Waals surface area contributed by atoms with Gasteiger partial charge in [0.15, 0.2) is 0 Å². The second-order valence-corrected chi connectivity index (χ2v) is 11.3. The molecule has 3 aliphatic rings. The van der Waals surface area contributed by atoms with Gasteiger partial charge in [-0.1, -0.05) is 24.8 Å². The van der Waals surface area contributed by atoms with Gasteiger partial charge in [-0.3, -0.25) is 4.79 Å². The van der Waals surface area contributed by atoms with Gasteiger partial charge in [-0.05, 0) is 57.6 Å². The molecule has 0 saturated heterocycles. The molecular weight excluding hydrogens is 502 g/mol. The summed E-state index contributed by atoms with van der Waals surface area (Å²) in [4.78, 5) is 26.4. The first kappa shape index (κ1) is 25.9. The van der Waals surface area contributed by atoms with Crippen LogP contribution in [0.25, 0.3) is 22.2 Å². The number of anilines is 4. The first-order valence-corrected chi connectivity index (χ1v) is 13.4. The van der Waals surface area contributed by atoms with E-state index in [1.165, 1.54) is 6.08 Å². The monoisotopic (exact) mass is 537 g/mol. The molecule has 0 atom stereocenters. The smallest absolute Gasteiger partial charge is 0.247 e. The fraction of sp³-hybridized carbons (Fsp3) is 0.323. The lowest BCUT2D eigenvalue weighted by Gasteiger charge is -2.75. The molecule has 0 unspecified atom stereocenters. The number of hydrogen-bond acceptors (Lipinski definition) is 7. The summed E-state index contributed by atoms with van der Waals surface area (Å²) < 4.78 is 7.91.